The summed E-state index contributed by atoms with van der Waals surface area (Å²) in [5, 5.41) is 0. The molecule has 0 saturated carbocycles. The van der Waals surface area contributed by atoms with Crippen LogP contribution in [0, 0.1) is 5.92 Å². The summed E-state index contributed by atoms with van der Waals surface area (Å²) in [6.45, 7) is 3.63. The quantitative estimate of drug-likeness (QED) is 0.599. The topological polar surface area (TPSA) is 38.5 Å². The summed E-state index contributed by atoms with van der Waals surface area (Å²) in [6, 6.07) is 0. The molecule has 0 unspecified atom stereocenters. The highest BCUT2D eigenvalue weighted by Gasteiger charge is 2.15. The fourth-order valence-electron chi connectivity index (χ4n) is 1.46. The summed E-state index contributed by atoms with van der Waals surface area (Å²) in [5.74, 6) is 0.745. The van der Waals surface area contributed by atoms with E-state index in [4.69, 9.17) is 10.5 Å². The number of rotatable bonds is 3. The number of nitrogens with two attached hydrogens (primary N) is 1. The van der Waals surface area contributed by atoms with Crippen LogP contribution in [0.2, 0.25) is 0 Å². The second-order valence-corrected chi connectivity index (χ2v) is 3.28. The summed E-state index contributed by atoms with van der Waals surface area (Å²) in [4.78, 5) is 2.36. The lowest BCUT2D eigenvalue weighted by Crippen LogP contribution is -2.32. The zero-order valence-corrected chi connectivity index (χ0v) is 7.25. The van der Waals surface area contributed by atoms with Crippen molar-refractivity contribution in [2.45, 2.75) is 12.8 Å². The Morgan fingerprint density at radius 2 is 2.09 bits per heavy atom. The average molecular weight is 158 g/mol. The van der Waals surface area contributed by atoms with Crippen LogP contribution >= 0.6 is 0 Å². The van der Waals surface area contributed by atoms with Crippen molar-refractivity contribution >= 4 is 0 Å². The van der Waals surface area contributed by atoms with Crippen molar-refractivity contribution in [2.75, 3.05) is 33.5 Å². The SMILES string of the molecule is CN1CCC(COCN)CC1. The standard InChI is InChI=1S/C8H18N2O/c1-10-4-2-8(3-5-10)6-11-7-9/h8H,2-7,9H2,1H3. The lowest BCUT2D eigenvalue weighted by Gasteiger charge is -2.28. The van der Waals surface area contributed by atoms with E-state index >= 15 is 0 Å². The normalized spacial score (nSPS) is 22.4. The van der Waals surface area contributed by atoms with E-state index in [9.17, 15) is 0 Å². The molecule has 0 spiro atoms. The van der Waals surface area contributed by atoms with Gasteiger partial charge in [-0.25, -0.2) is 0 Å². The van der Waals surface area contributed by atoms with Crippen molar-refractivity contribution in [3.05, 3.63) is 0 Å². The van der Waals surface area contributed by atoms with E-state index in [0.717, 1.165) is 12.5 Å². The molecule has 1 saturated heterocycles. The van der Waals surface area contributed by atoms with Gasteiger partial charge in [-0.1, -0.05) is 0 Å². The second-order valence-electron chi connectivity index (χ2n) is 3.28. The fraction of sp³-hybridized carbons (Fsp3) is 1.00. The number of hydrogen-bond donors (Lipinski definition) is 1. The first kappa shape index (κ1) is 8.97. The minimum Gasteiger partial charge on any atom is -0.366 e. The largest absolute Gasteiger partial charge is 0.366 e. The number of likely N-dealkylation sites (tertiary alicyclic amines) is 1. The predicted molar refractivity (Wildman–Crippen MR) is 45.2 cm³/mol. The van der Waals surface area contributed by atoms with Gasteiger partial charge in [0.2, 0.25) is 0 Å². The van der Waals surface area contributed by atoms with Gasteiger partial charge in [-0.3, -0.25) is 0 Å². The third kappa shape index (κ3) is 3.18. The highest BCUT2D eigenvalue weighted by atomic mass is 16.5. The van der Waals surface area contributed by atoms with Crippen molar-refractivity contribution < 1.29 is 4.74 Å². The van der Waals surface area contributed by atoms with E-state index < -0.39 is 0 Å². The maximum absolute atomic E-state index is 5.24. The van der Waals surface area contributed by atoms with E-state index in [0.29, 0.717) is 6.73 Å². The minimum atomic E-state index is 0.367. The third-order valence-electron chi connectivity index (χ3n) is 2.31. The van der Waals surface area contributed by atoms with E-state index in [1.807, 2.05) is 0 Å². The van der Waals surface area contributed by atoms with Crippen LogP contribution in [0.4, 0.5) is 0 Å². The lowest BCUT2D eigenvalue weighted by molar-refractivity contribution is 0.0762. The van der Waals surface area contributed by atoms with Gasteiger partial charge < -0.3 is 15.4 Å². The van der Waals surface area contributed by atoms with Crippen molar-refractivity contribution in [3.63, 3.8) is 0 Å². The molecule has 66 valence electrons. The Morgan fingerprint density at radius 3 is 2.64 bits per heavy atom. The Kier molecular flexibility index (Phi) is 3.83. The average Bonchev–Trinajstić information content (AvgIpc) is 2.04. The van der Waals surface area contributed by atoms with Gasteiger partial charge >= 0.3 is 0 Å². The van der Waals surface area contributed by atoms with Crippen LogP contribution in [0.25, 0.3) is 0 Å². The van der Waals surface area contributed by atoms with Crippen molar-refractivity contribution in [3.8, 4) is 0 Å². The highest BCUT2D eigenvalue weighted by Crippen LogP contribution is 2.15. The molecule has 0 radical (unpaired) electrons. The summed E-state index contributed by atoms with van der Waals surface area (Å²) < 4.78 is 5.17. The van der Waals surface area contributed by atoms with Crippen LogP contribution in [0.3, 0.4) is 0 Å². The molecule has 0 aromatic carbocycles. The van der Waals surface area contributed by atoms with Gasteiger partial charge in [0.1, 0.15) is 0 Å². The van der Waals surface area contributed by atoms with Crippen LogP contribution in [0.5, 0.6) is 0 Å². The van der Waals surface area contributed by atoms with E-state index in [2.05, 4.69) is 11.9 Å². The first-order valence-corrected chi connectivity index (χ1v) is 4.29. The molecule has 0 aliphatic carbocycles. The maximum atomic E-state index is 5.24. The Bertz CT molecular complexity index is 97.5. The zero-order chi connectivity index (χ0) is 8.10. The van der Waals surface area contributed by atoms with Crippen LogP contribution in [-0.2, 0) is 4.74 Å². The fourth-order valence-corrected chi connectivity index (χ4v) is 1.46. The van der Waals surface area contributed by atoms with Crippen LogP contribution in [-0.4, -0.2) is 38.4 Å². The molecular weight excluding hydrogens is 140 g/mol. The Morgan fingerprint density at radius 1 is 1.45 bits per heavy atom. The first-order valence-electron chi connectivity index (χ1n) is 4.29. The smallest absolute Gasteiger partial charge is 0.0940 e. The van der Waals surface area contributed by atoms with Crippen LogP contribution < -0.4 is 5.73 Å². The van der Waals surface area contributed by atoms with Crippen molar-refractivity contribution in [1.29, 1.82) is 0 Å². The van der Waals surface area contributed by atoms with Crippen LogP contribution in [0.1, 0.15) is 12.8 Å². The Hall–Kier alpha value is -0.120. The van der Waals surface area contributed by atoms with Gasteiger partial charge in [0.05, 0.1) is 13.3 Å². The number of hydrogen-bond acceptors (Lipinski definition) is 3. The third-order valence-corrected chi connectivity index (χ3v) is 2.31. The van der Waals surface area contributed by atoms with E-state index in [-0.39, 0.29) is 0 Å². The predicted octanol–water partition coefficient (Wildman–Crippen LogP) is 0.261. The van der Waals surface area contributed by atoms with Crippen molar-refractivity contribution in [2.24, 2.45) is 11.7 Å². The zero-order valence-electron chi connectivity index (χ0n) is 7.25. The molecule has 0 atom stereocenters. The molecule has 0 bridgehead atoms. The summed E-state index contributed by atoms with van der Waals surface area (Å²) in [5.41, 5.74) is 5.24. The molecule has 3 nitrogen and oxygen atoms in total. The highest BCUT2D eigenvalue weighted by molar-refractivity contribution is 4.68. The van der Waals surface area contributed by atoms with Gasteiger partial charge in [0, 0.05) is 0 Å². The van der Waals surface area contributed by atoms with Gasteiger partial charge in [0.15, 0.2) is 0 Å². The molecule has 1 rings (SSSR count). The van der Waals surface area contributed by atoms with Gasteiger partial charge in [0.25, 0.3) is 0 Å². The molecule has 0 amide bonds. The summed E-state index contributed by atoms with van der Waals surface area (Å²) in [6.07, 6.45) is 2.52. The molecule has 1 aliphatic heterocycles. The molecule has 0 aromatic heterocycles. The van der Waals surface area contributed by atoms with Gasteiger partial charge in [-0.2, -0.15) is 0 Å². The Labute approximate surface area is 68.5 Å². The molecule has 3 heteroatoms. The van der Waals surface area contributed by atoms with Gasteiger partial charge in [-0.05, 0) is 38.9 Å². The lowest BCUT2D eigenvalue weighted by atomic mass is 9.98. The van der Waals surface area contributed by atoms with Gasteiger partial charge in [-0.15, -0.1) is 0 Å². The van der Waals surface area contributed by atoms with E-state index in [1.165, 1.54) is 25.9 Å². The molecule has 2 N–H and O–H groups in total. The van der Waals surface area contributed by atoms with E-state index in [1.54, 1.807) is 0 Å². The molecular formula is C8H18N2O. The molecule has 0 aromatic rings. The second kappa shape index (κ2) is 4.70. The molecule has 1 fully saturated rings. The molecule has 11 heavy (non-hydrogen) atoms. The Balaban J connectivity index is 2.07. The minimum absolute atomic E-state index is 0.367. The number of piperidine rings is 1. The summed E-state index contributed by atoms with van der Waals surface area (Å²) in [7, 11) is 2.17. The van der Waals surface area contributed by atoms with Crippen molar-refractivity contribution in [1.82, 2.24) is 4.90 Å². The molecule has 1 aliphatic rings. The molecule has 1 heterocycles. The maximum Gasteiger partial charge on any atom is 0.0940 e. The summed E-state index contributed by atoms with van der Waals surface area (Å²) >= 11 is 0. The monoisotopic (exact) mass is 158 g/mol. The number of nitrogens with zero attached hydrogens (tertiary/aromatic N) is 1. The van der Waals surface area contributed by atoms with Crippen LogP contribution in [0.15, 0.2) is 0 Å². The first-order chi connectivity index (χ1) is 5.33. The number of ether oxygens (including phenoxy) is 1.